The first-order valence-corrected chi connectivity index (χ1v) is 7.29. The second-order valence-corrected chi connectivity index (χ2v) is 5.49. The van der Waals surface area contributed by atoms with Crippen LogP contribution in [-0.4, -0.2) is 24.2 Å². The molecule has 1 heterocycles. The molecule has 0 amide bonds. The fourth-order valence-electron chi connectivity index (χ4n) is 1.93. The standard InChI is InChI=1S/C14H20N2OS/c1-2-17-9-5-6-11(15)10-14-16-12-7-3-4-8-13(12)18-14/h3-4,7-8,11H,2,5-6,9-10,15H2,1H3. The molecular weight excluding hydrogens is 244 g/mol. The highest BCUT2D eigenvalue weighted by Gasteiger charge is 2.08. The molecule has 98 valence electrons. The van der Waals surface area contributed by atoms with E-state index in [9.17, 15) is 0 Å². The summed E-state index contributed by atoms with van der Waals surface area (Å²) < 4.78 is 6.56. The number of thiazole rings is 1. The molecule has 0 aliphatic carbocycles. The minimum absolute atomic E-state index is 0.186. The number of rotatable bonds is 7. The molecule has 0 radical (unpaired) electrons. The van der Waals surface area contributed by atoms with Gasteiger partial charge in [0.15, 0.2) is 0 Å². The summed E-state index contributed by atoms with van der Waals surface area (Å²) in [5, 5.41) is 1.14. The number of hydrogen-bond acceptors (Lipinski definition) is 4. The molecular formula is C14H20N2OS. The van der Waals surface area contributed by atoms with Crippen molar-refractivity contribution in [3.05, 3.63) is 29.3 Å². The summed E-state index contributed by atoms with van der Waals surface area (Å²) in [5.74, 6) is 0. The van der Waals surface area contributed by atoms with Gasteiger partial charge in [0.05, 0.1) is 15.2 Å². The molecule has 1 aromatic heterocycles. The van der Waals surface area contributed by atoms with Crippen molar-refractivity contribution < 1.29 is 4.74 Å². The van der Waals surface area contributed by atoms with Crippen molar-refractivity contribution in [3.8, 4) is 0 Å². The number of aromatic nitrogens is 1. The fourth-order valence-corrected chi connectivity index (χ4v) is 2.99. The van der Waals surface area contributed by atoms with E-state index in [-0.39, 0.29) is 6.04 Å². The van der Waals surface area contributed by atoms with E-state index in [1.54, 1.807) is 11.3 Å². The van der Waals surface area contributed by atoms with E-state index in [0.717, 1.165) is 43.0 Å². The summed E-state index contributed by atoms with van der Waals surface area (Å²) in [7, 11) is 0. The van der Waals surface area contributed by atoms with Crippen molar-refractivity contribution >= 4 is 21.6 Å². The first-order chi connectivity index (χ1) is 8.79. The molecule has 3 nitrogen and oxygen atoms in total. The van der Waals surface area contributed by atoms with Gasteiger partial charge in [0.1, 0.15) is 0 Å². The Morgan fingerprint density at radius 3 is 3.00 bits per heavy atom. The van der Waals surface area contributed by atoms with Crippen molar-refractivity contribution in [2.75, 3.05) is 13.2 Å². The Hall–Kier alpha value is -0.970. The van der Waals surface area contributed by atoms with Gasteiger partial charge in [-0.15, -0.1) is 11.3 Å². The van der Waals surface area contributed by atoms with E-state index < -0.39 is 0 Å². The molecule has 1 aromatic carbocycles. The number of fused-ring (bicyclic) bond motifs is 1. The lowest BCUT2D eigenvalue weighted by atomic mass is 10.1. The van der Waals surface area contributed by atoms with E-state index in [1.807, 2.05) is 19.1 Å². The van der Waals surface area contributed by atoms with Crippen LogP contribution in [0, 0.1) is 0 Å². The molecule has 0 saturated heterocycles. The Bertz CT molecular complexity index is 450. The molecule has 0 aliphatic heterocycles. The van der Waals surface area contributed by atoms with Gasteiger partial charge in [-0.1, -0.05) is 12.1 Å². The largest absolute Gasteiger partial charge is 0.382 e. The number of benzene rings is 1. The van der Waals surface area contributed by atoms with Crippen molar-refractivity contribution in [2.24, 2.45) is 5.73 Å². The second-order valence-electron chi connectivity index (χ2n) is 4.38. The average Bonchev–Trinajstić information content (AvgIpc) is 2.76. The number of para-hydroxylation sites is 1. The highest BCUT2D eigenvalue weighted by molar-refractivity contribution is 7.18. The molecule has 4 heteroatoms. The van der Waals surface area contributed by atoms with E-state index in [4.69, 9.17) is 10.5 Å². The third-order valence-electron chi connectivity index (χ3n) is 2.84. The lowest BCUT2D eigenvalue weighted by molar-refractivity contribution is 0.142. The zero-order valence-electron chi connectivity index (χ0n) is 10.8. The minimum Gasteiger partial charge on any atom is -0.382 e. The maximum atomic E-state index is 6.12. The lowest BCUT2D eigenvalue weighted by Gasteiger charge is -2.09. The van der Waals surface area contributed by atoms with Gasteiger partial charge < -0.3 is 10.5 Å². The Morgan fingerprint density at radius 2 is 2.22 bits per heavy atom. The number of nitrogens with two attached hydrogens (primary N) is 1. The normalized spacial score (nSPS) is 13.0. The van der Waals surface area contributed by atoms with Crippen LogP contribution in [0.15, 0.2) is 24.3 Å². The van der Waals surface area contributed by atoms with Crippen molar-refractivity contribution in [1.82, 2.24) is 4.98 Å². The van der Waals surface area contributed by atoms with Gasteiger partial charge in [-0.25, -0.2) is 4.98 Å². The maximum Gasteiger partial charge on any atom is 0.0954 e. The van der Waals surface area contributed by atoms with E-state index in [0.29, 0.717) is 0 Å². The van der Waals surface area contributed by atoms with Crippen LogP contribution < -0.4 is 5.73 Å². The Kier molecular flexibility index (Phi) is 5.11. The molecule has 2 rings (SSSR count). The molecule has 0 saturated carbocycles. The zero-order chi connectivity index (χ0) is 12.8. The van der Waals surface area contributed by atoms with Crippen LogP contribution in [0.3, 0.4) is 0 Å². The number of ether oxygens (including phenoxy) is 1. The Balaban J connectivity index is 1.84. The first-order valence-electron chi connectivity index (χ1n) is 6.47. The van der Waals surface area contributed by atoms with E-state index >= 15 is 0 Å². The van der Waals surface area contributed by atoms with Crippen molar-refractivity contribution in [2.45, 2.75) is 32.2 Å². The SMILES string of the molecule is CCOCCCC(N)Cc1nc2ccccc2s1. The van der Waals surface area contributed by atoms with Gasteiger partial charge in [0, 0.05) is 25.7 Å². The van der Waals surface area contributed by atoms with Crippen LogP contribution >= 0.6 is 11.3 Å². The van der Waals surface area contributed by atoms with Crippen LogP contribution in [0.4, 0.5) is 0 Å². The number of hydrogen-bond donors (Lipinski definition) is 1. The summed E-state index contributed by atoms with van der Waals surface area (Å²) in [6, 6.07) is 8.42. The average molecular weight is 264 g/mol. The smallest absolute Gasteiger partial charge is 0.0954 e. The van der Waals surface area contributed by atoms with Crippen LogP contribution in [0.1, 0.15) is 24.8 Å². The Labute approximate surface area is 112 Å². The van der Waals surface area contributed by atoms with Gasteiger partial charge in [0.25, 0.3) is 0 Å². The molecule has 0 fully saturated rings. The third-order valence-corrected chi connectivity index (χ3v) is 3.90. The summed E-state index contributed by atoms with van der Waals surface area (Å²) in [4.78, 5) is 4.60. The summed E-state index contributed by atoms with van der Waals surface area (Å²) in [5.41, 5.74) is 7.20. The van der Waals surface area contributed by atoms with Gasteiger partial charge in [-0.3, -0.25) is 0 Å². The topological polar surface area (TPSA) is 48.1 Å². The first kappa shape index (κ1) is 13.5. The van der Waals surface area contributed by atoms with Gasteiger partial charge in [-0.2, -0.15) is 0 Å². The van der Waals surface area contributed by atoms with Crippen LogP contribution in [-0.2, 0) is 11.2 Å². The van der Waals surface area contributed by atoms with E-state index in [1.165, 1.54) is 4.70 Å². The van der Waals surface area contributed by atoms with Gasteiger partial charge >= 0.3 is 0 Å². The molecule has 0 spiro atoms. The summed E-state index contributed by atoms with van der Waals surface area (Å²) in [6.45, 7) is 3.61. The number of nitrogens with zero attached hydrogens (tertiary/aromatic N) is 1. The maximum absolute atomic E-state index is 6.12. The summed E-state index contributed by atoms with van der Waals surface area (Å²) in [6.07, 6.45) is 2.89. The summed E-state index contributed by atoms with van der Waals surface area (Å²) >= 11 is 1.75. The zero-order valence-corrected chi connectivity index (χ0v) is 11.6. The predicted molar refractivity (Wildman–Crippen MR) is 77.0 cm³/mol. The van der Waals surface area contributed by atoms with Gasteiger partial charge in [-0.05, 0) is 31.9 Å². The molecule has 2 N–H and O–H groups in total. The van der Waals surface area contributed by atoms with Gasteiger partial charge in [0.2, 0.25) is 0 Å². The molecule has 1 atom stereocenters. The molecule has 0 bridgehead atoms. The Morgan fingerprint density at radius 1 is 1.39 bits per heavy atom. The molecule has 0 aliphatic rings. The predicted octanol–water partition coefficient (Wildman–Crippen LogP) is 2.98. The highest BCUT2D eigenvalue weighted by Crippen LogP contribution is 2.22. The fraction of sp³-hybridized carbons (Fsp3) is 0.500. The second kappa shape index (κ2) is 6.83. The molecule has 1 unspecified atom stereocenters. The van der Waals surface area contributed by atoms with E-state index in [2.05, 4.69) is 17.1 Å². The lowest BCUT2D eigenvalue weighted by Crippen LogP contribution is -2.23. The highest BCUT2D eigenvalue weighted by atomic mass is 32.1. The molecule has 2 aromatic rings. The molecule has 18 heavy (non-hydrogen) atoms. The minimum atomic E-state index is 0.186. The third kappa shape index (κ3) is 3.77. The van der Waals surface area contributed by atoms with Crippen LogP contribution in [0.25, 0.3) is 10.2 Å². The van der Waals surface area contributed by atoms with Crippen molar-refractivity contribution in [1.29, 1.82) is 0 Å². The van der Waals surface area contributed by atoms with Crippen LogP contribution in [0.2, 0.25) is 0 Å². The monoisotopic (exact) mass is 264 g/mol. The van der Waals surface area contributed by atoms with Crippen LogP contribution in [0.5, 0.6) is 0 Å². The van der Waals surface area contributed by atoms with Crippen molar-refractivity contribution in [3.63, 3.8) is 0 Å². The quantitative estimate of drug-likeness (QED) is 0.782.